The maximum atomic E-state index is 5.98. The highest BCUT2D eigenvalue weighted by Crippen LogP contribution is 2.30. The van der Waals surface area contributed by atoms with E-state index < -0.39 is 0 Å². The zero-order valence-corrected chi connectivity index (χ0v) is 13.5. The molecule has 2 atom stereocenters. The number of ether oxygens (including phenoxy) is 1. The summed E-state index contributed by atoms with van der Waals surface area (Å²) in [5.74, 6) is 1.71. The molecule has 2 saturated heterocycles. The number of hydrogen-bond donors (Lipinski definition) is 1. The number of nitrogens with zero attached hydrogens (tertiary/aromatic N) is 3. The van der Waals surface area contributed by atoms with E-state index in [2.05, 4.69) is 42.8 Å². The fourth-order valence-corrected chi connectivity index (χ4v) is 3.37. The zero-order valence-electron chi connectivity index (χ0n) is 11.3. The molecule has 3 heterocycles. The Balaban J connectivity index is 1.84. The average Bonchev–Trinajstić information content (AvgIpc) is 2.89. The van der Waals surface area contributed by atoms with Crippen LogP contribution in [0.3, 0.4) is 0 Å². The van der Waals surface area contributed by atoms with E-state index >= 15 is 0 Å². The Morgan fingerprint density at radius 1 is 1.42 bits per heavy atom. The lowest BCUT2D eigenvalue weighted by Gasteiger charge is -2.34. The van der Waals surface area contributed by atoms with Crippen LogP contribution in [-0.4, -0.2) is 47.7 Å². The quantitative estimate of drug-likeness (QED) is 0.803. The summed E-state index contributed by atoms with van der Waals surface area (Å²) >= 11 is 2.28. The van der Waals surface area contributed by atoms with Crippen LogP contribution in [0, 0.1) is 10.5 Å². The highest BCUT2D eigenvalue weighted by Gasteiger charge is 2.34. The number of nitrogens with one attached hydrogen (secondary N) is 1. The summed E-state index contributed by atoms with van der Waals surface area (Å²) in [4.78, 5) is 11.7. The van der Waals surface area contributed by atoms with Crippen molar-refractivity contribution in [3.63, 3.8) is 0 Å². The van der Waals surface area contributed by atoms with Gasteiger partial charge >= 0.3 is 0 Å². The monoisotopic (exact) mass is 374 g/mol. The van der Waals surface area contributed by atoms with Gasteiger partial charge in [-0.05, 0) is 48.9 Å². The Morgan fingerprint density at radius 3 is 3.05 bits per heavy atom. The minimum Gasteiger partial charge on any atom is -0.372 e. The molecule has 19 heavy (non-hydrogen) atoms. The largest absolute Gasteiger partial charge is 0.372 e. The number of aryl methyl sites for hydroxylation is 1. The smallest absolute Gasteiger partial charge is 0.161 e. The Morgan fingerprint density at radius 2 is 2.26 bits per heavy atom. The fourth-order valence-electron chi connectivity index (χ4n) is 2.86. The van der Waals surface area contributed by atoms with E-state index in [0.29, 0.717) is 6.04 Å². The molecule has 6 heteroatoms. The van der Waals surface area contributed by atoms with E-state index in [1.807, 2.05) is 14.0 Å². The van der Waals surface area contributed by atoms with Crippen molar-refractivity contribution in [3.8, 4) is 0 Å². The van der Waals surface area contributed by atoms with Crippen LogP contribution in [0.2, 0.25) is 0 Å². The van der Waals surface area contributed by atoms with E-state index in [-0.39, 0.29) is 6.10 Å². The van der Waals surface area contributed by atoms with Crippen molar-refractivity contribution in [3.05, 3.63) is 15.1 Å². The van der Waals surface area contributed by atoms with Gasteiger partial charge in [0, 0.05) is 19.6 Å². The van der Waals surface area contributed by atoms with Crippen molar-refractivity contribution in [1.82, 2.24) is 14.9 Å². The fraction of sp³-hybridized carbons (Fsp3) is 0.692. The van der Waals surface area contributed by atoms with Crippen LogP contribution in [0.5, 0.6) is 0 Å². The van der Waals surface area contributed by atoms with Crippen molar-refractivity contribution in [2.45, 2.75) is 31.9 Å². The second-order valence-corrected chi connectivity index (χ2v) is 6.27. The molecular formula is C13H19IN4O. The topological polar surface area (TPSA) is 50.3 Å². The second kappa shape index (κ2) is 5.49. The third-order valence-corrected chi connectivity index (χ3v) is 5.24. The third kappa shape index (κ3) is 2.57. The first-order valence-corrected chi connectivity index (χ1v) is 7.84. The average molecular weight is 374 g/mol. The normalized spacial score (nSPS) is 27.3. The second-order valence-electron chi connectivity index (χ2n) is 5.19. The summed E-state index contributed by atoms with van der Waals surface area (Å²) in [6.45, 7) is 4.95. The first kappa shape index (κ1) is 13.5. The molecule has 2 unspecified atom stereocenters. The van der Waals surface area contributed by atoms with Gasteiger partial charge in [-0.25, -0.2) is 9.97 Å². The van der Waals surface area contributed by atoms with E-state index in [0.717, 1.165) is 34.1 Å². The Bertz CT molecular complexity index is 482. The maximum Gasteiger partial charge on any atom is 0.161 e. The minimum atomic E-state index is 0.0112. The Labute approximate surface area is 127 Å². The van der Waals surface area contributed by atoms with Crippen molar-refractivity contribution in [2.75, 3.05) is 32.1 Å². The van der Waals surface area contributed by atoms with Crippen molar-refractivity contribution in [2.24, 2.45) is 0 Å². The molecule has 104 valence electrons. The van der Waals surface area contributed by atoms with Gasteiger partial charge < -0.3 is 10.1 Å². The molecule has 0 amide bonds. The van der Waals surface area contributed by atoms with Gasteiger partial charge in [0.1, 0.15) is 11.9 Å². The molecule has 0 aromatic carbocycles. The van der Waals surface area contributed by atoms with E-state index in [1.54, 1.807) is 0 Å². The first-order chi connectivity index (χ1) is 9.19. The van der Waals surface area contributed by atoms with E-state index in [1.165, 1.54) is 19.4 Å². The molecular weight excluding hydrogens is 355 g/mol. The molecule has 1 aromatic heterocycles. The molecule has 2 aliphatic rings. The van der Waals surface area contributed by atoms with Crippen LogP contribution < -0.4 is 5.32 Å². The van der Waals surface area contributed by atoms with E-state index in [9.17, 15) is 0 Å². The zero-order chi connectivity index (χ0) is 13.4. The number of rotatable bonds is 2. The van der Waals surface area contributed by atoms with Crippen LogP contribution in [0.25, 0.3) is 0 Å². The number of hydrogen-bond acceptors (Lipinski definition) is 5. The highest BCUT2D eigenvalue weighted by molar-refractivity contribution is 14.1. The van der Waals surface area contributed by atoms with Gasteiger partial charge in [0.15, 0.2) is 5.82 Å². The molecule has 0 spiro atoms. The molecule has 0 radical (unpaired) electrons. The van der Waals surface area contributed by atoms with Gasteiger partial charge in [0.25, 0.3) is 0 Å². The molecule has 2 fully saturated rings. The lowest BCUT2D eigenvalue weighted by atomic mass is 10.2. The predicted molar refractivity (Wildman–Crippen MR) is 82.3 cm³/mol. The summed E-state index contributed by atoms with van der Waals surface area (Å²) in [6, 6.07) is 0.616. The Kier molecular flexibility index (Phi) is 3.91. The van der Waals surface area contributed by atoms with Crippen LogP contribution >= 0.6 is 22.6 Å². The molecule has 0 aliphatic carbocycles. The maximum absolute atomic E-state index is 5.98. The number of anilines is 1. The number of fused-ring (bicyclic) bond motifs is 1. The summed E-state index contributed by atoms with van der Waals surface area (Å²) in [7, 11) is 1.89. The van der Waals surface area contributed by atoms with Gasteiger partial charge in [-0.3, -0.25) is 4.90 Å². The van der Waals surface area contributed by atoms with Gasteiger partial charge in [0.2, 0.25) is 0 Å². The number of halogens is 1. The van der Waals surface area contributed by atoms with Gasteiger partial charge in [-0.2, -0.15) is 0 Å². The van der Waals surface area contributed by atoms with Crippen LogP contribution in [-0.2, 0) is 4.74 Å². The molecule has 1 aromatic rings. The van der Waals surface area contributed by atoms with Gasteiger partial charge in [-0.1, -0.05) is 0 Å². The van der Waals surface area contributed by atoms with Gasteiger partial charge in [0.05, 0.1) is 15.9 Å². The summed E-state index contributed by atoms with van der Waals surface area (Å²) in [6.07, 6.45) is 2.56. The lowest BCUT2D eigenvalue weighted by molar-refractivity contribution is -0.0541. The van der Waals surface area contributed by atoms with Gasteiger partial charge in [-0.15, -0.1) is 0 Å². The van der Waals surface area contributed by atoms with Crippen molar-refractivity contribution in [1.29, 1.82) is 0 Å². The van der Waals surface area contributed by atoms with E-state index in [4.69, 9.17) is 4.74 Å². The molecule has 0 saturated carbocycles. The summed E-state index contributed by atoms with van der Waals surface area (Å²) in [5, 5.41) is 3.13. The van der Waals surface area contributed by atoms with Crippen molar-refractivity contribution >= 4 is 28.4 Å². The van der Waals surface area contributed by atoms with Crippen LogP contribution in [0.4, 0.5) is 5.82 Å². The lowest BCUT2D eigenvalue weighted by Crippen LogP contribution is -2.43. The molecule has 0 bridgehead atoms. The van der Waals surface area contributed by atoms with Crippen LogP contribution in [0.15, 0.2) is 0 Å². The molecule has 2 aliphatic heterocycles. The summed E-state index contributed by atoms with van der Waals surface area (Å²) in [5.41, 5.74) is 1.02. The molecule has 3 rings (SSSR count). The molecule has 5 nitrogen and oxygen atoms in total. The SMILES string of the molecule is CNc1nc(C2CN3CCCC3CO2)nc(C)c1I. The standard InChI is InChI=1S/C13H19IN4O/c1-8-11(14)13(15-2)17-12(16-8)10-6-18-5-3-4-9(18)7-19-10/h9-10H,3-7H2,1-2H3,(H,15,16,17). The predicted octanol–water partition coefficient (Wildman–Crippen LogP) is 1.97. The third-order valence-electron chi connectivity index (χ3n) is 3.95. The molecule has 1 N–H and O–H groups in total. The van der Waals surface area contributed by atoms with Crippen molar-refractivity contribution < 1.29 is 4.74 Å². The highest BCUT2D eigenvalue weighted by atomic mass is 127. The Hall–Kier alpha value is -0.470. The number of aromatic nitrogens is 2. The van der Waals surface area contributed by atoms with Crippen LogP contribution in [0.1, 0.15) is 30.5 Å². The minimum absolute atomic E-state index is 0.0112. The first-order valence-electron chi connectivity index (χ1n) is 6.76. The number of morpholine rings is 1. The summed E-state index contributed by atoms with van der Waals surface area (Å²) < 4.78 is 7.06.